The van der Waals surface area contributed by atoms with Gasteiger partial charge in [0.1, 0.15) is 11.8 Å². The molecule has 3 heterocycles. The number of urea groups is 1. The molecule has 2 aromatic heterocycles. The molecular formula is C20H22N6O3. The van der Waals surface area contributed by atoms with Crippen LogP contribution >= 0.6 is 0 Å². The summed E-state index contributed by atoms with van der Waals surface area (Å²) in [5, 5.41) is 14.0. The van der Waals surface area contributed by atoms with Gasteiger partial charge >= 0.3 is 6.03 Å². The molecule has 0 aliphatic carbocycles. The summed E-state index contributed by atoms with van der Waals surface area (Å²) < 4.78 is 6.80. The van der Waals surface area contributed by atoms with E-state index in [1.807, 2.05) is 44.2 Å². The van der Waals surface area contributed by atoms with Crippen molar-refractivity contribution in [3.63, 3.8) is 0 Å². The second-order valence-electron chi connectivity index (χ2n) is 6.97. The fraction of sp³-hybridized carbons (Fsp3) is 0.300. The van der Waals surface area contributed by atoms with Crippen LogP contribution in [0.25, 0.3) is 5.69 Å². The Morgan fingerprint density at radius 1 is 1.24 bits per heavy atom. The number of nitrogens with one attached hydrogen (secondary N) is 2. The van der Waals surface area contributed by atoms with Gasteiger partial charge in [0.15, 0.2) is 5.82 Å². The maximum atomic E-state index is 12.9. The molecule has 9 nitrogen and oxygen atoms in total. The summed E-state index contributed by atoms with van der Waals surface area (Å²) in [6, 6.07) is 10.1. The molecule has 3 amide bonds. The number of rotatable bonds is 3. The SMILES string of the molecule is Cc1cc(NC(=O)N2CCNC(=O)[C@H]2c2c(C)nn(-c3ccccc3)c2C)no1. The Hall–Kier alpha value is -3.62. The number of benzene rings is 1. The number of piperazine rings is 1. The molecule has 3 aromatic rings. The second-order valence-corrected chi connectivity index (χ2v) is 6.97. The normalized spacial score (nSPS) is 16.6. The molecule has 1 saturated heterocycles. The highest BCUT2D eigenvalue weighted by molar-refractivity contribution is 5.94. The van der Waals surface area contributed by atoms with E-state index in [0.29, 0.717) is 30.4 Å². The molecule has 0 unspecified atom stereocenters. The predicted octanol–water partition coefficient (Wildman–Crippen LogP) is 2.49. The van der Waals surface area contributed by atoms with Crippen LogP contribution in [0.4, 0.5) is 10.6 Å². The zero-order valence-electron chi connectivity index (χ0n) is 16.5. The third-order valence-corrected chi connectivity index (χ3v) is 4.96. The van der Waals surface area contributed by atoms with Gasteiger partial charge in [-0.3, -0.25) is 10.1 Å². The van der Waals surface area contributed by atoms with Gasteiger partial charge in [-0.2, -0.15) is 5.10 Å². The minimum absolute atomic E-state index is 0.235. The van der Waals surface area contributed by atoms with Crippen LogP contribution < -0.4 is 10.6 Å². The number of hydrogen-bond donors (Lipinski definition) is 2. The fourth-order valence-corrected chi connectivity index (χ4v) is 3.65. The van der Waals surface area contributed by atoms with Gasteiger partial charge in [-0.25, -0.2) is 9.48 Å². The summed E-state index contributed by atoms with van der Waals surface area (Å²) in [5.41, 5.74) is 3.12. The van der Waals surface area contributed by atoms with Crippen LogP contribution in [0, 0.1) is 20.8 Å². The monoisotopic (exact) mass is 394 g/mol. The summed E-state index contributed by atoms with van der Waals surface area (Å²) >= 11 is 0. The van der Waals surface area contributed by atoms with E-state index in [-0.39, 0.29) is 5.91 Å². The lowest BCUT2D eigenvalue weighted by atomic mass is 10.0. The van der Waals surface area contributed by atoms with Gasteiger partial charge < -0.3 is 14.7 Å². The Labute approximate surface area is 167 Å². The number of amides is 3. The van der Waals surface area contributed by atoms with Crippen LogP contribution in [0.2, 0.25) is 0 Å². The lowest BCUT2D eigenvalue weighted by molar-refractivity contribution is -0.127. The van der Waals surface area contributed by atoms with E-state index in [0.717, 1.165) is 16.9 Å². The summed E-state index contributed by atoms with van der Waals surface area (Å²) in [6.45, 7) is 6.24. The number of carbonyl (C=O) groups is 2. The van der Waals surface area contributed by atoms with E-state index < -0.39 is 12.1 Å². The van der Waals surface area contributed by atoms with E-state index in [9.17, 15) is 9.59 Å². The summed E-state index contributed by atoms with van der Waals surface area (Å²) in [5.74, 6) is 0.663. The molecule has 0 radical (unpaired) electrons. The van der Waals surface area contributed by atoms with Crippen molar-refractivity contribution in [1.82, 2.24) is 25.2 Å². The number of hydrogen-bond acceptors (Lipinski definition) is 5. The minimum atomic E-state index is -0.783. The Morgan fingerprint density at radius 2 is 2.00 bits per heavy atom. The van der Waals surface area contributed by atoms with Gasteiger partial charge in [0, 0.05) is 30.4 Å². The number of para-hydroxylation sites is 1. The summed E-state index contributed by atoms with van der Waals surface area (Å²) in [6.07, 6.45) is 0. The predicted molar refractivity (Wildman–Crippen MR) is 106 cm³/mol. The quantitative estimate of drug-likeness (QED) is 0.710. The molecule has 4 rings (SSSR count). The number of anilines is 1. The molecule has 0 bridgehead atoms. The van der Waals surface area contributed by atoms with Crippen molar-refractivity contribution in [2.75, 3.05) is 18.4 Å². The fourth-order valence-electron chi connectivity index (χ4n) is 3.65. The van der Waals surface area contributed by atoms with Gasteiger partial charge in [0.05, 0.1) is 11.4 Å². The lowest BCUT2D eigenvalue weighted by Gasteiger charge is -2.35. The van der Waals surface area contributed by atoms with Crippen molar-refractivity contribution < 1.29 is 14.1 Å². The maximum absolute atomic E-state index is 12.9. The molecule has 29 heavy (non-hydrogen) atoms. The first-order chi connectivity index (χ1) is 14.0. The van der Waals surface area contributed by atoms with Crippen molar-refractivity contribution in [1.29, 1.82) is 0 Å². The molecule has 0 saturated carbocycles. The zero-order valence-corrected chi connectivity index (χ0v) is 16.5. The van der Waals surface area contributed by atoms with Gasteiger partial charge in [0.25, 0.3) is 0 Å². The van der Waals surface area contributed by atoms with Crippen LogP contribution in [0.15, 0.2) is 40.9 Å². The number of nitrogens with zero attached hydrogens (tertiary/aromatic N) is 4. The molecule has 9 heteroatoms. The standard InChI is InChI=1S/C20H22N6O3/c1-12-11-16(24-29-12)22-20(28)25-10-9-21-19(27)18(25)17-13(2)23-26(14(17)3)15-7-5-4-6-8-15/h4-8,11,18H,9-10H2,1-3H3,(H,21,27)(H,22,24,28)/t18-/m1/s1. The number of carbonyl (C=O) groups excluding carboxylic acids is 2. The molecule has 1 aliphatic rings. The summed E-state index contributed by atoms with van der Waals surface area (Å²) in [4.78, 5) is 27.3. The maximum Gasteiger partial charge on any atom is 0.324 e. The molecule has 150 valence electrons. The van der Waals surface area contributed by atoms with Crippen molar-refractivity contribution >= 4 is 17.8 Å². The van der Waals surface area contributed by atoms with Gasteiger partial charge in [-0.1, -0.05) is 23.4 Å². The van der Waals surface area contributed by atoms with E-state index in [2.05, 4.69) is 20.9 Å². The van der Waals surface area contributed by atoms with Crippen molar-refractivity contribution in [3.8, 4) is 5.69 Å². The first kappa shape index (κ1) is 18.7. The molecule has 1 atom stereocenters. The van der Waals surface area contributed by atoms with Gasteiger partial charge in [0.2, 0.25) is 5.91 Å². The van der Waals surface area contributed by atoms with Crippen molar-refractivity contribution in [2.45, 2.75) is 26.8 Å². The first-order valence-electron chi connectivity index (χ1n) is 9.36. The molecule has 0 spiro atoms. The number of aromatic nitrogens is 3. The Balaban J connectivity index is 1.70. The van der Waals surface area contributed by atoms with Crippen molar-refractivity contribution in [2.24, 2.45) is 0 Å². The molecule has 1 aromatic carbocycles. The molecule has 2 N–H and O–H groups in total. The van der Waals surface area contributed by atoms with E-state index >= 15 is 0 Å². The molecule has 1 fully saturated rings. The Kier molecular flexibility index (Phi) is 4.79. The van der Waals surface area contributed by atoms with Crippen LogP contribution in [-0.4, -0.2) is 44.9 Å². The lowest BCUT2D eigenvalue weighted by Crippen LogP contribution is -2.53. The van der Waals surface area contributed by atoms with Crippen LogP contribution in [-0.2, 0) is 4.79 Å². The van der Waals surface area contributed by atoms with Crippen LogP contribution in [0.5, 0.6) is 0 Å². The smallest absolute Gasteiger partial charge is 0.324 e. The minimum Gasteiger partial charge on any atom is -0.360 e. The first-order valence-corrected chi connectivity index (χ1v) is 9.36. The zero-order chi connectivity index (χ0) is 20.5. The molecular weight excluding hydrogens is 372 g/mol. The van der Waals surface area contributed by atoms with Gasteiger partial charge in [-0.05, 0) is 32.9 Å². The number of aryl methyl sites for hydroxylation is 2. The van der Waals surface area contributed by atoms with E-state index in [1.165, 1.54) is 4.90 Å². The van der Waals surface area contributed by atoms with Crippen LogP contribution in [0.3, 0.4) is 0 Å². The summed E-state index contributed by atoms with van der Waals surface area (Å²) in [7, 11) is 0. The molecule has 1 aliphatic heterocycles. The highest BCUT2D eigenvalue weighted by Crippen LogP contribution is 2.30. The Morgan fingerprint density at radius 3 is 2.69 bits per heavy atom. The van der Waals surface area contributed by atoms with Gasteiger partial charge in [-0.15, -0.1) is 0 Å². The third-order valence-electron chi connectivity index (χ3n) is 4.96. The van der Waals surface area contributed by atoms with Crippen molar-refractivity contribution in [3.05, 3.63) is 59.1 Å². The third kappa shape index (κ3) is 3.46. The Bertz CT molecular complexity index is 1060. The largest absolute Gasteiger partial charge is 0.360 e. The average Bonchev–Trinajstić information content (AvgIpc) is 3.24. The van der Waals surface area contributed by atoms with E-state index in [1.54, 1.807) is 17.7 Å². The highest BCUT2D eigenvalue weighted by atomic mass is 16.5. The second kappa shape index (κ2) is 7.42. The van der Waals surface area contributed by atoms with Crippen LogP contribution in [0.1, 0.15) is 28.8 Å². The average molecular weight is 394 g/mol. The topological polar surface area (TPSA) is 105 Å². The van der Waals surface area contributed by atoms with E-state index in [4.69, 9.17) is 4.52 Å². The highest BCUT2D eigenvalue weighted by Gasteiger charge is 2.38.